The van der Waals surface area contributed by atoms with Gasteiger partial charge in [0, 0.05) is 44.4 Å². The Kier molecular flexibility index (Phi) is 26.8. The first-order valence-corrected chi connectivity index (χ1v) is 24.5. The highest BCUT2D eigenvalue weighted by Crippen LogP contribution is 2.21. The Hall–Kier alpha value is -6.75. The lowest BCUT2D eigenvalue weighted by atomic mass is 10.0. The number of imidazole rings is 1. The lowest BCUT2D eigenvalue weighted by Crippen LogP contribution is -2.60. The lowest BCUT2D eigenvalue weighted by Gasteiger charge is -2.30. The molecular weight excluding hydrogens is 951 g/mol. The molecule has 0 bridgehead atoms. The van der Waals surface area contributed by atoms with E-state index in [0.29, 0.717) is 24.3 Å². The highest BCUT2D eigenvalue weighted by molar-refractivity contribution is 7.98. The van der Waals surface area contributed by atoms with E-state index in [4.69, 9.17) is 34.4 Å². The van der Waals surface area contributed by atoms with Crippen LogP contribution in [0.25, 0.3) is 0 Å². The van der Waals surface area contributed by atoms with Gasteiger partial charge in [-0.2, -0.15) is 11.8 Å². The highest BCUT2D eigenvalue weighted by atomic mass is 32.2. The zero-order valence-electron chi connectivity index (χ0n) is 40.4. The van der Waals surface area contributed by atoms with E-state index in [-0.39, 0.29) is 88.8 Å². The number of nitrogens with one attached hydrogen (secondary N) is 7. The van der Waals surface area contributed by atoms with E-state index < -0.39 is 115 Å². The van der Waals surface area contributed by atoms with Gasteiger partial charge in [0.15, 0.2) is 11.9 Å². The minimum Gasteiger partial charge on any atom is -0.480 e. The number of hydrogen-bond donors (Lipinski definition) is 15. The number of aromatic nitrogens is 2. The number of carbonyl (C=O) groups is 9. The number of aliphatic hydroxyl groups is 1. The van der Waals surface area contributed by atoms with Gasteiger partial charge in [-0.3, -0.25) is 48.3 Å². The van der Waals surface area contributed by atoms with Crippen LogP contribution in [0.15, 0.2) is 22.5 Å². The number of rotatable bonds is 33. The number of likely N-dealkylation sites (tertiary alicyclic amines) is 1. The molecule has 28 nitrogen and oxygen atoms in total. The number of hydrogen-bond acceptors (Lipinski definition) is 15. The molecule has 1 aromatic heterocycles. The molecule has 21 N–H and O–H groups in total. The van der Waals surface area contributed by atoms with Crippen molar-refractivity contribution in [1.82, 2.24) is 46.8 Å². The zero-order valence-corrected chi connectivity index (χ0v) is 41.2. The van der Waals surface area contributed by atoms with Crippen LogP contribution in [-0.2, 0) is 49.6 Å². The van der Waals surface area contributed by atoms with E-state index >= 15 is 0 Å². The minimum atomic E-state index is -1.75. The van der Waals surface area contributed by atoms with Gasteiger partial charge in [-0.05, 0) is 75.7 Å². The molecule has 0 aromatic carbocycles. The summed E-state index contributed by atoms with van der Waals surface area (Å²) in [5.74, 6) is -8.04. The maximum Gasteiger partial charge on any atom is 0.326 e. The number of aliphatic imine (C=N–C) groups is 2. The van der Waals surface area contributed by atoms with Crippen molar-refractivity contribution in [3.8, 4) is 0 Å². The third kappa shape index (κ3) is 22.3. The van der Waals surface area contributed by atoms with Gasteiger partial charge in [0.25, 0.3) is 0 Å². The number of aliphatic hydroxyl groups excluding tert-OH is 1. The van der Waals surface area contributed by atoms with Crippen LogP contribution in [0, 0.1) is 5.92 Å². The van der Waals surface area contributed by atoms with Crippen molar-refractivity contribution in [1.29, 1.82) is 0 Å². The molecule has 2 rings (SSSR count). The average Bonchev–Trinajstić information content (AvgIpc) is 4.02. The Labute approximate surface area is 415 Å². The smallest absolute Gasteiger partial charge is 0.326 e. The molecule has 1 aromatic rings. The molecule has 0 saturated carbocycles. The summed E-state index contributed by atoms with van der Waals surface area (Å²) in [6.07, 6.45) is 4.89. The maximum atomic E-state index is 14.2. The molecule has 1 aliphatic rings. The monoisotopic (exact) mass is 1020 g/mol. The molecule has 1 aliphatic heterocycles. The molecule has 0 aliphatic carbocycles. The number of guanidine groups is 2. The van der Waals surface area contributed by atoms with Crippen LogP contribution < -0.4 is 66.3 Å². The number of primary amides is 1. The fourth-order valence-electron chi connectivity index (χ4n) is 7.32. The largest absolute Gasteiger partial charge is 0.480 e. The van der Waals surface area contributed by atoms with Crippen LogP contribution in [0.1, 0.15) is 83.7 Å². The van der Waals surface area contributed by atoms with Crippen LogP contribution >= 0.6 is 11.8 Å². The molecule has 8 atom stereocenters. The number of thioether (sulfide) groups is 1. The van der Waals surface area contributed by atoms with E-state index in [9.17, 15) is 53.4 Å². The predicted octanol–water partition coefficient (Wildman–Crippen LogP) is -5.57. The van der Waals surface area contributed by atoms with Crippen molar-refractivity contribution in [3.05, 3.63) is 18.2 Å². The summed E-state index contributed by atoms with van der Waals surface area (Å²) in [4.78, 5) is 136. The second-order valence-electron chi connectivity index (χ2n) is 17.3. The number of amides is 8. The highest BCUT2D eigenvalue weighted by Gasteiger charge is 2.40. The van der Waals surface area contributed by atoms with E-state index in [1.165, 1.54) is 29.2 Å². The molecule has 1 fully saturated rings. The Morgan fingerprint density at radius 3 is 1.83 bits per heavy atom. The van der Waals surface area contributed by atoms with E-state index in [2.05, 4.69) is 51.9 Å². The minimum absolute atomic E-state index is 0.0285. The van der Waals surface area contributed by atoms with Gasteiger partial charge in [-0.1, -0.05) is 13.8 Å². The third-order valence-corrected chi connectivity index (χ3v) is 11.7. The fourth-order valence-corrected chi connectivity index (χ4v) is 7.81. The van der Waals surface area contributed by atoms with Crippen molar-refractivity contribution in [3.63, 3.8) is 0 Å². The van der Waals surface area contributed by atoms with E-state index in [0.717, 1.165) is 0 Å². The van der Waals surface area contributed by atoms with Gasteiger partial charge in [0.2, 0.25) is 47.3 Å². The lowest BCUT2D eigenvalue weighted by molar-refractivity contribution is -0.145. The van der Waals surface area contributed by atoms with Crippen LogP contribution in [0.5, 0.6) is 0 Å². The Morgan fingerprint density at radius 1 is 0.761 bits per heavy atom. The molecule has 71 heavy (non-hydrogen) atoms. The van der Waals surface area contributed by atoms with Crippen molar-refractivity contribution >= 4 is 76.9 Å². The predicted molar refractivity (Wildman–Crippen MR) is 262 cm³/mol. The number of H-pyrrole nitrogens is 1. The van der Waals surface area contributed by atoms with Gasteiger partial charge in [-0.15, -0.1) is 0 Å². The third-order valence-electron chi connectivity index (χ3n) is 11.0. The number of nitrogens with two attached hydrogens (primary N) is 6. The van der Waals surface area contributed by atoms with Crippen LogP contribution in [0.4, 0.5) is 0 Å². The molecular formula is C42H73N17O11S. The number of carboxylic acids is 1. The first kappa shape index (κ1) is 60.4. The Bertz CT molecular complexity index is 2000. The maximum absolute atomic E-state index is 14.2. The van der Waals surface area contributed by atoms with Gasteiger partial charge < -0.3 is 86.4 Å². The van der Waals surface area contributed by atoms with Crippen molar-refractivity contribution < 1.29 is 53.4 Å². The zero-order chi connectivity index (χ0) is 53.2. The summed E-state index contributed by atoms with van der Waals surface area (Å²) in [5, 5.41) is 35.3. The van der Waals surface area contributed by atoms with Crippen molar-refractivity contribution in [2.45, 2.75) is 133 Å². The number of carbonyl (C=O) groups excluding carboxylic acids is 8. The standard InChI is InChI=1S/C42H73N17O11S/c1-22(2)17-28(56-34(63)25(7-4-13-50-41(45)46)53-33(62)24(43)12-16-71-3)36(65)54-26(10-11-32(44)61)35(64)58-30(20-60)37(66)55-27(8-5-14-51-42(47)48)39(68)59-15-6-9-31(59)38(67)57-29(40(69)70)18-23-19-49-21-52-23/h19,21-22,24-31,60H,4-18,20,43H2,1-3H3,(H2,44,61)(H,49,52)(H,53,62)(H,54,65)(H,55,66)(H,56,63)(H,57,67)(H,58,64)(H,69,70)(H4,45,46,50)(H4,47,48,51)/t24-,25-,26-,27-,28-,29-,30-,31-/m0/s1. The topological polar surface area (TPSA) is 479 Å². The molecule has 8 amide bonds. The van der Waals surface area contributed by atoms with Crippen molar-refractivity contribution in [2.24, 2.45) is 50.3 Å². The van der Waals surface area contributed by atoms with Gasteiger partial charge in [-0.25, -0.2) is 9.78 Å². The molecule has 0 radical (unpaired) electrons. The average molecular weight is 1020 g/mol. The second kappa shape index (κ2) is 31.5. The van der Waals surface area contributed by atoms with Gasteiger partial charge in [0.05, 0.1) is 19.0 Å². The summed E-state index contributed by atoms with van der Waals surface area (Å²) in [6.45, 7) is 2.73. The summed E-state index contributed by atoms with van der Waals surface area (Å²) >= 11 is 1.48. The summed E-state index contributed by atoms with van der Waals surface area (Å²) in [7, 11) is 0. The van der Waals surface area contributed by atoms with Crippen LogP contribution in [0.2, 0.25) is 0 Å². The SMILES string of the molecule is CSCC[C@H](N)C(=O)N[C@@H](CCCN=C(N)N)C(=O)N[C@@H](CC(C)C)C(=O)N[C@@H](CCC(N)=O)C(=O)N[C@@H](CO)C(=O)N[C@@H](CCCN=C(N)N)C(=O)N1CCC[C@H]1C(=O)N[C@@H](Cc1cnc[nH]1)C(=O)O. The first-order chi connectivity index (χ1) is 33.6. The van der Waals surface area contributed by atoms with E-state index in [1.807, 2.05) is 6.26 Å². The molecule has 0 unspecified atom stereocenters. The quantitative estimate of drug-likeness (QED) is 0.0177. The Balaban J connectivity index is 2.34. The first-order valence-electron chi connectivity index (χ1n) is 23.1. The van der Waals surface area contributed by atoms with Crippen LogP contribution in [0.3, 0.4) is 0 Å². The van der Waals surface area contributed by atoms with E-state index in [1.54, 1.807) is 13.8 Å². The van der Waals surface area contributed by atoms with Crippen molar-refractivity contribution in [2.75, 3.05) is 38.2 Å². The molecule has 2 heterocycles. The number of aliphatic carboxylic acids is 1. The normalized spacial score (nSPS) is 16.1. The number of nitrogens with zero attached hydrogens (tertiary/aromatic N) is 4. The summed E-state index contributed by atoms with van der Waals surface area (Å²) < 4.78 is 0. The summed E-state index contributed by atoms with van der Waals surface area (Å²) in [6, 6.07) is -10.6. The molecule has 398 valence electrons. The van der Waals surface area contributed by atoms with Gasteiger partial charge >= 0.3 is 5.97 Å². The Morgan fingerprint density at radius 2 is 1.30 bits per heavy atom. The number of aromatic amines is 1. The van der Waals surface area contributed by atoms with Gasteiger partial charge in [0.1, 0.15) is 42.3 Å². The molecule has 0 spiro atoms. The van der Waals surface area contributed by atoms with Crippen LogP contribution in [-0.4, -0.2) is 177 Å². The second-order valence-corrected chi connectivity index (χ2v) is 18.3. The molecule has 29 heteroatoms. The summed E-state index contributed by atoms with van der Waals surface area (Å²) in [5.41, 5.74) is 33.7. The molecule has 1 saturated heterocycles. The number of carboxylic acid groups (broad SMARTS) is 1. The fraction of sp³-hybridized carbons (Fsp3) is 0.667.